The predicted octanol–water partition coefficient (Wildman–Crippen LogP) is 4.23. The van der Waals surface area contributed by atoms with Gasteiger partial charge in [-0.25, -0.2) is 4.90 Å². The first kappa shape index (κ1) is 22.8. The molecule has 7 nitrogen and oxygen atoms in total. The van der Waals surface area contributed by atoms with Gasteiger partial charge in [0.05, 0.1) is 18.0 Å². The van der Waals surface area contributed by atoms with Gasteiger partial charge in [0, 0.05) is 11.4 Å². The Balaban J connectivity index is 1.65. The molecule has 2 N–H and O–H groups in total. The van der Waals surface area contributed by atoms with E-state index in [-0.39, 0.29) is 23.4 Å². The lowest BCUT2D eigenvalue weighted by atomic mass is 10.1. The highest BCUT2D eigenvalue weighted by molar-refractivity contribution is 8.14. The van der Waals surface area contributed by atoms with E-state index in [1.165, 1.54) is 4.90 Å². The lowest BCUT2D eigenvalue weighted by Gasteiger charge is -2.15. The zero-order valence-electron chi connectivity index (χ0n) is 17.2. The first-order valence-electron chi connectivity index (χ1n) is 9.79. The van der Waals surface area contributed by atoms with Crippen LogP contribution >= 0.6 is 23.4 Å². The third-order valence-electron chi connectivity index (χ3n) is 4.50. The molecule has 0 aromatic heterocycles. The Kier molecular flexibility index (Phi) is 7.70. The van der Waals surface area contributed by atoms with E-state index >= 15 is 0 Å². The predicted molar refractivity (Wildman–Crippen MR) is 126 cm³/mol. The maximum Gasteiger partial charge on any atom is 0.247 e. The summed E-state index contributed by atoms with van der Waals surface area (Å²) in [4.78, 5) is 26.4. The lowest BCUT2D eigenvalue weighted by molar-refractivity contribution is -0.121. The fraction of sp³-hybridized carbons (Fsp3) is 0.273. The molecule has 0 radical (unpaired) electrons. The van der Waals surface area contributed by atoms with E-state index in [0.29, 0.717) is 28.8 Å². The number of thioether (sulfide) groups is 1. The summed E-state index contributed by atoms with van der Waals surface area (Å²) in [6.07, 6.45) is 0.948. The average molecular weight is 459 g/mol. The van der Waals surface area contributed by atoms with Crippen LogP contribution in [0.1, 0.15) is 32.3 Å². The molecule has 0 saturated carbocycles. The highest BCUT2D eigenvalue weighted by Crippen LogP contribution is 2.30. The Morgan fingerprint density at radius 2 is 1.84 bits per heavy atom. The molecule has 31 heavy (non-hydrogen) atoms. The van der Waals surface area contributed by atoms with Crippen LogP contribution in [0, 0.1) is 0 Å². The average Bonchev–Trinajstić information content (AvgIpc) is 3.04. The smallest absolute Gasteiger partial charge is 0.247 e. The molecule has 0 unspecified atom stereocenters. The zero-order chi connectivity index (χ0) is 22.4. The van der Waals surface area contributed by atoms with Gasteiger partial charge in [0.15, 0.2) is 5.17 Å². The second-order valence-corrected chi connectivity index (χ2v) is 8.51. The molecule has 1 heterocycles. The molecule has 9 heteroatoms. The Morgan fingerprint density at radius 3 is 2.48 bits per heavy atom. The van der Waals surface area contributed by atoms with E-state index in [1.54, 1.807) is 43.3 Å². The first-order chi connectivity index (χ1) is 14.9. The van der Waals surface area contributed by atoms with Gasteiger partial charge in [-0.2, -0.15) is 5.10 Å². The van der Waals surface area contributed by atoms with Gasteiger partial charge < -0.3 is 10.5 Å². The standard InChI is InChI=1S/C22H23ClN4O3S/c1-3-12-30-18-10-8-17(9-11-18)27-20(28)13-19(21(27)29)31-22(24)26-25-14(2)15-4-6-16(23)7-5-15/h4-11,19H,3,12-13H2,1-2H3,(H2,24,26)/b25-14-/t19-/m1/s1. The second kappa shape index (κ2) is 10.5. The summed E-state index contributed by atoms with van der Waals surface area (Å²) in [7, 11) is 0. The van der Waals surface area contributed by atoms with E-state index < -0.39 is 5.25 Å². The number of carbonyl (C=O) groups excluding carboxylic acids is 2. The molecule has 3 rings (SSSR count). The van der Waals surface area contributed by atoms with Crippen LogP contribution in [0.4, 0.5) is 5.69 Å². The number of carbonyl (C=O) groups is 2. The number of hydrogen-bond acceptors (Lipinski definition) is 6. The summed E-state index contributed by atoms with van der Waals surface area (Å²) < 4.78 is 5.54. The van der Waals surface area contributed by atoms with Crippen LogP contribution in [0.25, 0.3) is 0 Å². The number of amides is 2. The molecule has 0 spiro atoms. The minimum atomic E-state index is -0.640. The summed E-state index contributed by atoms with van der Waals surface area (Å²) >= 11 is 6.92. The van der Waals surface area contributed by atoms with E-state index in [9.17, 15) is 9.59 Å². The summed E-state index contributed by atoms with van der Waals surface area (Å²) in [5.41, 5.74) is 7.97. The van der Waals surface area contributed by atoms with Crippen molar-refractivity contribution in [2.24, 2.45) is 15.9 Å². The van der Waals surface area contributed by atoms with Crippen LogP contribution in [0.3, 0.4) is 0 Å². The van der Waals surface area contributed by atoms with Crippen molar-refractivity contribution >= 4 is 51.7 Å². The Labute approximate surface area is 190 Å². The van der Waals surface area contributed by atoms with Gasteiger partial charge in [-0.15, -0.1) is 5.10 Å². The molecule has 2 aromatic carbocycles. The van der Waals surface area contributed by atoms with Crippen LogP contribution < -0.4 is 15.4 Å². The highest BCUT2D eigenvalue weighted by Gasteiger charge is 2.40. The molecule has 2 amide bonds. The number of nitrogens with zero attached hydrogens (tertiary/aromatic N) is 3. The summed E-state index contributed by atoms with van der Waals surface area (Å²) in [6, 6.07) is 14.1. The molecule has 1 aliphatic rings. The number of imide groups is 1. The monoisotopic (exact) mass is 458 g/mol. The minimum Gasteiger partial charge on any atom is -0.494 e. The number of amidine groups is 1. The number of benzene rings is 2. The molecule has 1 atom stereocenters. The van der Waals surface area contributed by atoms with Crippen molar-refractivity contribution in [2.75, 3.05) is 11.5 Å². The third-order valence-corrected chi connectivity index (χ3v) is 5.72. The quantitative estimate of drug-likeness (QED) is 0.290. The maximum atomic E-state index is 12.8. The van der Waals surface area contributed by atoms with E-state index in [1.807, 2.05) is 19.1 Å². The van der Waals surface area contributed by atoms with Gasteiger partial charge >= 0.3 is 0 Å². The Hall–Kier alpha value is -2.84. The number of rotatable bonds is 7. The normalized spacial score (nSPS) is 17.4. The number of anilines is 1. The van der Waals surface area contributed by atoms with Gasteiger partial charge in [0.2, 0.25) is 11.8 Å². The molecule has 1 aliphatic heterocycles. The van der Waals surface area contributed by atoms with Gasteiger partial charge in [-0.1, -0.05) is 42.4 Å². The van der Waals surface area contributed by atoms with E-state index in [4.69, 9.17) is 22.1 Å². The fourth-order valence-corrected chi connectivity index (χ4v) is 3.86. The minimum absolute atomic E-state index is 0.0493. The molecule has 0 bridgehead atoms. The SMILES string of the molecule is CCCOc1ccc(N2C(=O)C[C@@H](S/C(N)=N/N=C(/C)c3ccc(Cl)cc3)C2=O)cc1. The van der Waals surface area contributed by atoms with Crippen LogP contribution in [0.15, 0.2) is 58.7 Å². The topological polar surface area (TPSA) is 97.3 Å². The van der Waals surface area contributed by atoms with Crippen LogP contribution in [0.5, 0.6) is 5.75 Å². The van der Waals surface area contributed by atoms with Crippen molar-refractivity contribution in [3.8, 4) is 5.75 Å². The zero-order valence-corrected chi connectivity index (χ0v) is 18.8. The lowest BCUT2D eigenvalue weighted by Crippen LogP contribution is -2.31. The van der Waals surface area contributed by atoms with Crippen molar-refractivity contribution in [3.63, 3.8) is 0 Å². The largest absolute Gasteiger partial charge is 0.494 e. The molecule has 162 valence electrons. The number of halogens is 1. The number of hydrogen-bond donors (Lipinski definition) is 1. The third kappa shape index (κ3) is 5.86. The number of nitrogens with two attached hydrogens (primary N) is 1. The van der Waals surface area contributed by atoms with Crippen molar-refractivity contribution in [1.29, 1.82) is 0 Å². The Morgan fingerprint density at radius 1 is 1.16 bits per heavy atom. The first-order valence-corrected chi connectivity index (χ1v) is 11.0. The molecular weight excluding hydrogens is 436 g/mol. The Bertz CT molecular complexity index is 1010. The van der Waals surface area contributed by atoms with Gasteiger partial charge in [-0.3, -0.25) is 9.59 Å². The van der Waals surface area contributed by atoms with E-state index in [0.717, 1.165) is 23.7 Å². The molecule has 1 saturated heterocycles. The second-order valence-electron chi connectivity index (χ2n) is 6.85. The van der Waals surface area contributed by atoms with Crippen molar-refractivity contribution in [1.82, 2.24) is 0 Å². The van der Waals surface area contributed by atoms with Crippen LogP contribution in [-0.2, 0) is 9.59 Å². The maximum absolute atomic E-state index is 12.8. The molecule has 2 aromatic rings. The van der Waals surface area contributed by atoms with Crippen LogP contribution in [-0.4, -0.2) is 34.6 Å². The highest BCUT2D eigenvalue weighted by atomic mass is 35.5. The number of ether oxygens (including phenoxy) is 1. The van der Waals surface area contributed by atoms with Crippen molar-refractivity contribution < 1.29 is 14.3 Å². The summed E-state index contributed by atoms with van der Waals surface area (Å²) in [6.45, 7) is 4.43. The fourth-order valence-electron chi connectivity index (χ4n) is 2.92. The van der Waals surface area contributed by atoms with E-state index in [2.05, 4.69) is 10.2 Å². The summed E-state index contributed by atoms with van der Waals surface area (Å²) in [5.74, 6) is 0.0908. The van der Waals surface area contributed by atoms with Gasteiger partial charge in [0.25, 0.3) is 0 Å². The molecule has 1 fully saturated rings. The summed E-state index contributed by atoms with van der Waals surface area (Å²) in [5, 5.41) is 8.22. The van der Waals surface area contributed by atoms with Crippen LogP contribution in [0.2, 0.25) is 5.02 Å². The van der Waals surface area contributed by atoms with Crippen molar-refractivity contribution in [2.45, 2.75) is 31.9 Å². The van der Waals surface area contributed by atoms with Crippen molar-refractivity contribution in [3.05, 3.63) is 59.1 Å². The van der Waals surface area contributed by atoms with Gasteiger partial charge in [-0.05, 0) is 55.3 Å². The molecule has 0 aliphatic carbocycles. The molecular formula is C22H23ClN4O3S. The van der Waals surface area contributed by atoms with Gasteiger partial charge in [0.1, 0.15) is 11.0 Å².